The molecule has 0 spiro atoms. The third-order valence-electron chi connectivity index (χ3n) is 7.46. The number of fused-ring (bicyclic) bond motifs is 1. The summed E-state index contributed by atoms with van der Waals surface area (Å²) in [5.74, 6) is -0.230. The van der Waals surface area contributed by atoms with E-state index in [1.54, 1.807) is 25.3 Å². The highest BCUT2D eigenvalue weighted by Crippen LogP contribution is 2.35. The summed E-state index contributed by atoms with van der Waals surface area (Å²) in [6.07, 6.45) is -1.84. The first-order valence-corrected chi connectivity index (χ1v) is 16.1. The number of anilines is 1. The third kappa shape index (κ3) is 8.49. The van der Waals surface area contributed by atoms with E-state index < -0.39 is 32.8 Å². The molecule has 46 heavy (non-hydrogen) atoms. The molecule has 0 bridgehead atoms. The van der Waals surface area contributed by atoms with Gasteiger partial charge in [-0.2, -0.15) is 0 Å². The van der Waals surface area contributed by atoms with Gasteiger partial charge < -0.3 is 23.8 Å². The van der Waals surface area contributed by atoms with Crippen LogP contribution in [0.4, 0.5) is 23.2 Å². The third-order valence-corrected chi connectivity index (χ3v) is 8.89. The molecule has 246 valence electrons. The molecule has 0 radical (unpaired) electrons. The molecule has 0 aliphatic carbocycles. The molecule has 1 aliphatic heterocycles. The molecule has 1 N–H and O–H groups in total. The molecule has 1 aliphatic rings. The number of nitrogens with zero attached hydrogens (tertiary/aromatic N) is 2. The number of benzene rings is 3. The summed E-state index contributed by atoms with van der Waals surface area (Å²) < 4.78 is 102. The number of nitrogens with one attached hydrogen (secondary N) is 1. The maximum absolute atomic E-state index is 15.0. The van der Waals surface area contributed by atoms with Gasteiger partial charge in [0.15, 0.2) is 23.1 Å². The Labute approximate surface area is 264 Å². The predicted octanol–water partition coefficient (Wildman–Crippen LogP) is 7.38. The number of sulfonamides is 1. The highest BCUT2D eigenvalue weighted by atomic mass is 32.2. The standard InChI is InChI=1S/C32H33F4N3O6S/c1-21-12-15-39(16-13-21)14-5-17-43-29-20-25-22(18-28(29)42-2)8-11-31(37-25)44-26-10-9-23(19-24(26)33)38-46(40,41)30-7-4-3-6-27(30)45-32(34,35)36/h3-4,6-11,18-21,38H,5,12-17H2,1-2H3. The van der Waals surface area contributed by atoms with Gasteiger partial charge in [0.05, 0.1) is 24.9 Å². The summed E-state index contributed by atoms with van der Waals surface area (Å²) in [6, 6.07) is 14.2. The first-order valence-electron chi connectivity index (χ1n) is 14.6. The Balaban J connectivity index is 1.26. The second-order valence-corrected chi connectivity index (χ2v) is 12.6. The van der Waals surface area contributed by atoms with Gasteiger partial charge >= 0.3 is 6.36 Å². The van der Waals surface area contributed by atoms with Crippen molar-refractivity contribution < 1.29 is 44.9 Å². The van der Waals surface area contributed by atoms with Crippen molar-refractivity contribution >= 4 is 26.6 Å². The van der Waals surface area contributed by atoms with Crippen LogP contribution in [0.5, 0.6) is 28.9 Å². The van der Waals surface area contributed by atoms with Crippen molar-refractivity contribution in [3.8, 4) is 28.9 Å². The Morgan fingerprint density at radius 2 is 1.72 bits per heavy atom. The van der Waals surface area contributed by atoms with Crippen molar-refractivity contribution in [3.05, 3.63) is 72.5 Å². The summed E-state index contributed by atoms with van der Waals surface area (Å²) in [5.41, 5.74) is 0.268. The number of pyridine rings is 1. The molecule has 0 atom stereocenters. The average Bonchev–Trinajstić information content (AvgIpc) is 3.00. The predicted molar refractivity (Wildman–Crippen MR) is 164 cm³/mol. The number of rotatable bonds is 12. The van der Waals surface area contributed by atoms with Crippen LogP contribution in [0.25, 0.3) is 10.9 Å². The number of halogens is 4. The van der Waals surface area contributed by atoms with Gasteiger partial charge in [-0.05, 0) is 74.7 Å². The van der Waals surface area contributed by atoms with Gasteiger partial charge in [0.1, 0.15) is 10.6 Å². The number of alkyl halides is 3. The number of methoxy groups -OCH3 is 1. The van der Waals surface area contributed by atoms with E-state index in [1.807, 2.05) is 0 Å². The van der Waals surface area contributed by atoms with Crippen molar-refractivity contribution in [1.82, 2.24) is 9.88 Å². The second-order valence-electron chi connectivity index (χ2n) is 10.9. The number of hydrogen-bond acceptors (Lipinski definition) is 8. The molecule has 1 aromatic heterocycles. The van der Waals surface area contributed by atoms with Crippen molar-refractivity contribution in [1.29, 1.82) is 0 Å². The van der Waals surface area contributed by atoms with Gasteiger partial charge in [0, 0.05) is 30.1 Å². The van der Waals surface area contributed by atoms with Crippen LogP contribution < -0.4 is 23.7 Å². The van der Waals surface area contributed by atoms with Crippen LogP contribution in [0.2, 0.25) is 0 Å². The zero-order chi connectivity index (χ0) is 32.9. The van der Waals surface area contributed by atoms with Crippen molar-refractivity contribution in [3.63, 3.8) is 0 Å². The van der Waals surface area contributed by atoms with E-state index in [0.717, 1.165) is 55.6 Å². The monoisotopic (exact) mass is 663 g/mol. The van der Waals surface area contributed by atoms with E-state index in [0.29, 0.717) is 23.6 Å². The summed E-state index contributed by atoms with van der Waals surface area (Å²) >= 11 is 0. The summed E-state index contributed by atoms with van der Waals surface area (Å²) in [6.45, 7) is 5.92. The van der Waals surface area contributed by atoms with Gasteiger partial charge in [-0.15, -0.1) is 13.2 Å². The first kappa shape index (κ1) is 33.1. The lowest BCUT2D eigenvalue weighted by atomic mass is 9.99. The Morgan fingerprint density at radius 1 is 0.957 bits per heavy atom. The van der Waals surface area contributed by atoms with Crippen LogP contribution in [0.15, 0.2) is 71.6 Å². The van der Waals surface area contributed by atoms with E-state index in [-0.39, 0.29) is 17.3 Å². The van der Waals surface area contributed by atoms with Crippen molar-refractivity contribution in [2.45, 2.75) is 37.4 Å². The number of hydrogen-bond donors (Lipinski definition) is 1. The molecule has 0 amide bonds. The molecule has 4 aromatic rings. The SMILES string of the molecule is COc1cc2ccc(Oc3ccc(NS(=O)(=O)c4ccccc4OC(F)(F)F)cc3F)nc2cc1OCCCN1CCC(C)CC1. The van der Waals surface area contributed by atoms with E-state index in [2.05, 4.69) is 26.3 Å². The molecule has 2 heterocycles. The molecule has 0 unspecified atom stereocenters. The van der Waals surface area contributed by atoms with Gasteiger partial charge in [-0.3, -0.25) is 4.72 Å². The minimum absolute atomic E-state index is 0.0633. The van der Waals surface area contributed by atoms with Crippen LogP contribution in [0.3, 0.4) is 0 Å². The molecule has 5 rings (SSSR count). The fourth-order valence-corrected chi connectivity index (χ4v) is 6.23. The Hall–Kier alpha value is -4.30. The zero-order valence-electron chi connectivity index (χ0n) is 25.1. The number of ether oxygens (including phenoxy) is 4. The molecule has 1 fully saturated rings. The summed E-state index contributed by atoms with van der Waals surface area (Å²) in [4.78, 5) is 6.14. The normalized spacial score (nSPS) is 14.7. The maximum atomic E-state index is 15.0. The smallest absolute Gasteiger partial charge is 0.493 e. The molecule has 0 saturated carbocycles. The zero-order valence-corrected chi connectivity index (χ0v) is 26.0. The quantitative estimate of drug-likeness (QED) is 0.124. The van der Waals surface area contributed by atoms with Crippen molar-refractivity contribution in [2.24, 2.45) is 5.92 Å². The fraction of sp³-hybridized carbons (Fsp3) is 0.344. The topological polar surface area (TPSA) is 99.2 Å². The van der Waals surface area contributed by atoms with Gasteiger partial charge in [0.2, 0.25) is 5.88 Å². The van der Waals surface area contributed by atoms with Crippen molar-refractivity contribution in [2.75, 3.05) is 38.1 Å². The van der Waals surface area contributed by atoms with E-state index in [1.165, 1.54) is 43.2 Å². The lowest BCUT2D eigenvalue weighted by Crippen LogP contribution is -2.34. The second kappa shape index (κ2) is 14.0. The van der Waals surface area contributed by atoms with Gasteiger partial charge in [0.25, 0.3) is 10.0 Å². The summed E-state index contributed by atoms with van der Waals surface area (Å²) in [5, 5.41) is 0.735. The minimum Gasteiger partial charge on any atom is -0.493 e. The summed E-state index contributed by atoms with van der Waals surface area (Å²) in [7, 11) is -3.02. The lowest BCUT2D eigenvalue weighted by Gasteiger charge is -2.30. The minimum atomic E-state index is -5.11. The Kier molecular flexibility index (Phi) is 10.1. The van der Waals surface area contributed by atoms with Crippen LogP contribution in [0.1, 0.15) is 26.2 Å². The van der Waals surface area contributed by atoms with E-state index in [9.17, 15) is 21.6 Å². The molecule has 1 saturated heterocycles. The Morgan fingerprint density at radius 3 is 2.43 bits per heavy atom. The Bertz CT molecular complexity index is 1780. The lowest BCUT2D eigenvalue weighted by molar-refractivity contribution is -0.275. The van der Waals surface area contributed by atoms with Crippen LogP contribution in [-0.2, 0) is 10.0 Å². The highest BCUT2D eigenvalue weighted by Gasteiger charge is 2.34. The molecular formula is C32H33F4N3O6S. The molecule has 14 heteroatoms. The molecule has 3 aromatic carbocycles. The number of para-hydroxylation sites is 1. The van der Waals surface area contributed by atoms with Crippen LogP contribution in [0, 0.1) is 11.7 Å². The highest BCUT2D eigenvalue weighted by molar-refractivity contribution is 7.92. The van der Waals surface area contributed by atoms with Gasteiger partial charge in [-0.1, -0.05) is 19.1 Å². The van der Waals surface area contributed by atoms with Crippen LogP contribution >= 0.6 is 0 Å². The first-order chi connectivity index (χ1) is 21.9. The molecule has 9 nitrogen and oxygen atoms in total. The molecular weight excluding hydrogens is 630 g/mol. The fourth-order valence-electron chi connectivity index (χ4n) is 5.05. The van der Waals surface area contributed by atoms with Gasteiger partial charge in [-0.25, -0.2) is 17.8 Å². The maximum Gasteiger partial charge on any atom is 0.573 e. The number of aromatic nitrogens is 1. The van der Waals surface area contributed by atoms with Crippen LogP contribution in [-0.4, -0.2) is 58.0 Å². The van der Waals surface area contributed by atoms with E-state index >= 15 is 4.39 Å². The average molecular weight is 664 g/mol. The number of piperidine rings is 1. The van der Waals surface area contributed by atoms with E-state index in [4.69, 9.17) is 14.2 Å². The number of likely N-dealkylation sites (tertiary alicyclic amines) is 1. The largest absolute Gasteiger partial charge is 0.573 e.